The SMILES string of the molecule is CC(C)c1cc(C(C)C)c(S(=O)(=O)NP2(=O)Oc3c(c(-c4ccccc4)cc4ccc5ccccc5c34)-c3c(-c4ccccc4)cc4ccc5ccccc5c4c3O2)c(C(C)C)c1. The Labute approximate surface area is 369 Å². The second-order valence-electron chi connectivity index (χ2n) is 17.5. The number of sulfonamides is 1. The van der Waals surface area contributed by atoms with E-state index in [2.05, 4.69) is 66.9 Å². The molecule has 0 spiro atoms. The van der Waals surface area contributed by atoms with Gasteiger partial charge >= 0.3 is 7.75 Å². The molecular weight excluding hydrogens is 818 g/mol. The molecule has 0 radical (unpaired) electrons. The van der Waals surface area contributed by atoms with E-state index in [0.29, 0.717) is 33.0 Å². The summed E-state index contributed by atoms with van der Waals surface area (Å²) in [7, 11) is -9.58. The third-order valence-electron chi connectivity index (χ3n) is 12.4. The van der Waals surface area contributed by atoms with Crippen molar-refractivity contribution < 1.29 is 22.0 Å². The van der Waals surface area contributed by atoms with Crippen LogP contribution in [0.5, 0.6) is 11.5 Å². The van der Waals surface area contributed by atoms with Gasteiger partial charge in [0.15, 0.2) is 0 Å². The van der Waals surface area contributed by atoms with Crippen molar-refractivity contribution in [1.29, 1.82) is 0 Å². The number of nitrogens with one attached hydrogen (secondary N) is 1. The topological polar surface area (TPSA) is 81.7 Å². The maximum absolute atomic E-state index is 16.4. The van der Waals surface area contributed by atoms with Crippen molar-refractivity contribution in [2.75, 3.05) is 0 Å². The van der Waals surface area contributed by atoms with Gasteiger partial charge in [0.05, 0.1) is 4.90 Å². The predicted molar refractivity (Wildman–Crippen MR) is 261 cm³/mol. The number of hydrogen-bond donors (Lipinski definition) is 1. The van der Waals surface area contributed by atoms with Gasteiger partial charge in [0, 0.05) is 21.9 Å². The van der Waals surface area contributed by atoms with E-state index in [1.165, 1.54) is 0 Å². The van der Waals surface area contributed by atoms with Crippen LogP contribution in [0.1, 0.15) is 76.0 Å². The summed E-state index contributed by atoms with van der Waals surface area (Å²) < 4.78 is 64.1. The molecule has 1 aliphatic heterocycles. The largest absolute Gasteiger partial charge is 0.526 e. The molecule has 9 aromatic carbocycles. The van der Waals surface area contributed by atoms with E-state index in [4.69, 9.17) is 9.05 Å². The van der Waals surface area contributed by atoms with E-state index in [1.807, 2.05) is 137 Å². The van der Waals surface area contributed by atoms with E-state index in [0.717, 1.165) is 60.1 Å². The third-order valence-corrected chi connectivity index (χ3v) is 16.1. The maximum Gasteiger partial charge on any atom is 0.526 e. The van der Waals surface area contributed by atoms with Crippen molar-refractivity contribution in [2.24, 2.45) is 0 Å². The molecule has 9 aromatic rings. The van der Waals surface area contributed by atoms with Crippen LogP contribution >= 0.6 is 7.75 Å². The summed E-state index contributed by atoms with van der Waals surface area (Å²) in [4.78, 5) is 0.103. The lowest BCUT2D eigenvalue weighted by molar-refractivity contribution is 0.389. The van der Waals surface area contributed by atoms with E-state index in [9.17, 15) is 0 Å². The highest BCUT2D eigenvalue weighted by Gasteiger charge is 2.44. The van der Waals surface area contributed by atoms with Gasteiger partial charge in [-0.3, -0.25) is 0 Å². The van der Waals surface area contributed by atoms with Crippen LogP contribution in [-0.2, 0) is 14.6 Å². The molecule has 0 fully saturated rings. The number of rotatable bonds is 8. The lowest BCUT2D eigenvalue weighted by Gasteiger charge is -2.25. The highest BCUT2D eigenvalue weighted by atomic mass is 32.2. The molecule has 1 aliphatic rings. The van der Waals surface area contributed by atoms with Crippen molar-refractivity contribution in [2.45, 2.75) is 64.2 Å². The minimum absolute atomic E-state index is 0.103. The second-order valence-corrected chi connectivity index (χ2v) is 21.0. The monoisotopic (exact) mass is 865 g/mol. The zero-order valence-electron chi connectivity index (χ0n) is 36.1. The molecule has 0 atom stereocenters. The van der Waals surface area contributed by atoms with Crippen LogP contribution < -0.4 is 13.5 Å². The molecule has 314 valence electrons. The van der Waals surface area contributed by atoms with Crippen molar-refractivity contribution in [3.05, 3.63) is 174 Å². The smallest absolute Gasteiger partial charge is 0.403 e. The number of fused-ring (bicyclic) bond motifs is 11. The fourth-order valence-electron chi connectivity index (χ4n) is 9.33. The summed E-state index contributed by atoms with van der Waals surface area (Å²) in [5, 5.41) is 6.70. The van der Waals surface area contributed by atoms with Gasteiger partial charge in [-0.1, -0.05) is 192 Å². The Kier molecular flexibility index (Phi) is 10.1. The van der Waals surface area contributed by atoms with Crippen molar-refractivity contribution >= 4 is 60.9 Å². The molecule has 0 bridgehead atoms. The van der Waals surface area contributed by atoms with Gasteiger partial charge in [-0.05, 0) is 101 Å². The van der Waals surface area contributed by atoms with Gasteiger partial charge in [-0.15, -0.1) is 0 Å². The Bertz CT molecular complexity index is 3250. The van der Waals surface area contributed by atoms with Crippen LogP contribution in [0.15, 0.2) is 163 Å². The molecule has 0 aromatic heterocycles. The van der Waals surface area contributed by atoms with E-state index in [1.54, 1.807) is 0 Å². The molecular formula is C55H48NO5PS. The molecule has 0 saturated heterocycles. The van der Waals surface area contributed by atoms with Crippen LogP contribution in [0.25, 0.3) is 76.5 Å². The van der Waals surface area contributed by atoms with Gasteiger partial charge in [-0.25, -0.2) is 13.0 Å². The quantitative estimate of drug-likeness (QED) is 0.122. The molecule has 6 nitrogen and oxygen atoms in total. The van der Waals surface area contributed by atoms with E-state index < -0.39 is 17.8 Å². The summed E-state index contributed by atoms with van der Waals surface area (Å²) in [6.07, 6.45) is 0. The van der Waals surface area contributed by atoms with Gasteiger partial charge in [0.2, 0.25) is 0 Å². The Hall–Kier alpha value is -6.24. The van der Waals surface area contributed by atoms with E-state index in [-0.39, 0.29) is 34.1 Å². The molecule has 0 unspecified atom stereocenters. The minimum Gasteiger partial charge on any atom is -0.403 e. The lowest BCUT2D eigenvalue weighted by Crippen LogP contribution is -2.28. The second kappa shape index (κ2) is 15.5. The zero-order chi connectivity index (χ0) is 43.8. The average Bonchev–Trinajstić information content (AvgIpc) is 3.41. The number of benzene rings is 9. The average molecular weight is 866 g/mol. The van der Waals surface area contributed by atoms with Gasteiger partial charge < -0.3 is 9.05 Å². The van der Waals surface area contributed by atoms with Crippen LogP contribution in [0, 0.1) is 0 Å². The van der Waals surface area contributed by atoms with Crippen molar-refractivity contribution in [3.8, 4) is 44.9 Å². The normalized spacial score (nSPS) is 13.7. The molecule has 1 heterocycles. The first-order chi connectivity index (χ1) is 30.3. The van der Waals surface area contributed by atoms with Crippen LogP contribution in [-0.4, -0.2) is 8.42 Å². The third kappa shape index (κ3) is 7.00. The Morgan fingerprint density at radius 1 is 0.476 bits per heavy atom. The molecule has 0 saturated carbocycles. The van der Waals surface area contributed by atoms with Gasteiger partial charge in [0.25, 0.3) is 10.0 Å². The first-order valence-electron chi connectivity index (χ1n) is 21.6. The van der Waals surface area contributed by atoms with E-state index >= 15 is 13.0 Å². The molecule has 63 heavy (non-hydrogen) atoms. The number of hydrogen-bond acceptors (Lipinski definition) is 5. The van der Waals surface area contributed by atoms with Crippen LogP contribution in [0.3, 0.4) is 0 Å². The lowest BCUT2D eigenvalue weighted by atomic mass is 9.83. The molecule has 8 heteroatoms. The fourth-order valence-corrected chi connectivity index (χ4v) is 13.3. The standard InChI is InChI=1S/C55H48NO5PS/c1-33(2)42-31-45(34(3)4)55(46(32-42)35(5)6)63(58,59)56-62(57)60-53-49-40(27-25-38-21-13-15-23-43(38)49)29-47(36-17-9-7-10-18-36)51(53)52-48(37-19-11-8-12-20-37)30-41-28-26-39-22-14-16-24-44(39)50(41)54(52)61-62/h7-35H,1-6H3,(H,56,57). The highest BCUT2D eigenvalue weighted by molar-refractivity contribution is 7.95. The summed E-state index contributed by atoms with van der Waals surface area (Å²) in [6.45, 7) is 12.2. The molecule has 1 N–H and O–H groups in total. The van der Waals surface area contributed by atoms with Gasteiger partial charge in [0.1, 0.15) is 11.5 Å². The molecule has 0 amide bonds. The predicted octanol–water partition coefficient (Wildman–Crippen LogP) is 15.5. The first kappa shape index (κ1) is 40.8. The van der Waals surface area contributed by atoms with Crippen LogP contribution in [0.4, 0.5) is 0 Å². The fraction of sp³-hybridized carbons (Fsp3) is 0.164. The molecule has 10 rings (SSSR count). The van der Waals surface area contributed by atoms with Crippen LogP contribution in [0.2, 0.25) is 0 Å². The summed E-state index contributed by atoms with van der Waals surface area (Å²) in [5.41, 5.74) is 7.07. The minimum atomic E-state index is -4.97. The summed E-state index contributed by atoms with van der Waals surface area (Å²) in [6, 6.07) is 52.7. The summed E-state index contributed by atoms with van der Waals surface area (Å²) >= 11 is 0. The summed E-state index contributed by atoms with van der Waals surface area (Å²) in [5.74, 6) is 0.367. The van der Waals surface area contributed by atoms with Crippen molar-refractivity contribution in [3.63, 3.8) is 0 Å². The van der Waals surface area contributed by atoms with Crippen molar-refractivity contribution in [1.82, 2.24) is 4.49 Å². The zero-order valence-corrected chi connectivity index (χ0v) is 37.9. The Balaban J connectivity index is 1.38. The first-order valence-corrected chi connectivity index (χ1v) is 24.6. The highest BCUT2D eigenvalue weighted by Crippen LogP contribution is 2.63. The van der Waals surface area contributed by atoms with Gasteiger partial charge in [-0.2, -0.15) is 0 Å². The molecule has 0 aliphatic carbocycles. The Morgan fingerprint density at radius 2 is 0.873 bits per heavy atom. The maximum atomic E-state index is 16.4. The Morgan fingerprint density at radius 3 is 1.29 bits per heavy atom.